The molecule has 0 heterocycles. The molecule has 0 radical (unpaired) electrons. The van der Waals surface area contributed by atoms with Crippen LogP contribution in [-0.4, -0.2) is 11.8 Å². The van der Waals surface area contributed by atoms with Crippen molar-refractivity contribution in [1.82, 2.24) is 0 Å². The Balaban J connectivity index is 3.87. The number of unbranched alkanes of at least 4 members (excludes halogenated alkanes) is 1. The second-order valence-electron chi connectivity index (χ2n) is 5.84. The highest BCUT2D eigenvalue weighted by Crippen LogP contribution is 2.05. The molecule has 0 N–H and O–H groups in total. The third kappa shape index (κ3) is 17.8. The molecule has 0 aliphatic carbocycles. The van der Waals surface area contributed by atoms with Crippen molar-refractivity contribution in [2.45, 2.75) is 57.9 Å². The molecule has 27 heavy (non-hydrogen) atoms. The summed E-state index contributed by atoms with van der Waals surface area (Å²) in [5.74, 6) is -0.366. The minimum Gasteiger partial charge on any atom is -0.283 e. The summed E-state index contributed by atoms with van der Waals surface area (Å²) < 4.78 is 0. The summed E-state index contributed by atoms with van der Waals surface area (Å²) in [5.41, 5.74) is 0. The summed E-state index contributed by atoms with van der Waals surface area (Å²) in [6.07, 6.45) is 28.9. The first kappa shape index (κ1) is 24.2. The van der Waals surface area contributed by atoms with Crippen LogP contribution < -0.4 is 0 Å². The van der Waals surface area contributed by atoms with Gasteiger partial charge in [-0.25, -0.2) is 0 Å². The third-order valence-electron chi connectivity index (χ3n) is 3.52. The van der Waals surface area contributed by atoms with Gasteiger partial charge in [-0.05, 0) is 38.5 Å². The topological polar surface area (TPSA) is 70.3 Å². The molecular formula is C23H30N2O2. The largest absolute Gasteiger partial charge is 0.283 e. The van der Waals surface area contributed by atoms with Crippen molar-refractivity contribution in [1.29, 1.82) is 5.26 Å². The summed E-state index contributed by atoms with van der Waals surface area (Å²) in [4.78, 5) is 21.5. The summed E-state index contributed by atoms with van der Waals surface area (Å²) in [6.45, 7) is 2.08. The van der Waals surface area contributed by atoms with Gasteiger partial charge in [0.25, 0.3) is 0 Å². The van der Waals surface area contributed by atoms with E-state index < -0.39 is 0 Å². The van der Waals surface area contributed by atoms with Gasteiger partial charge >= 0.3 is 0 Å². The fraction of sp³-hybridized carbons (Fsp3) is 0.391. The zero-order valence-corrected chi connectivity index (χ0v) is 16.2. The highest BCUT2D eigenvalue weighted by Gasteiger charge is 2.00. The summed E-state index contributed by atoms with van der Waals surface area (Å²) >= 11 is 0. The van der Waals surface area contributed by atoms with Crippen molar-refractivity contribution in [3.8, 4) is 6.07 Å². The molecular weight excluding hydrogens is 336 g/mol. The van der Waals surface area contributed by atoms with E-state index in [0.717, 1.165) is 32.1 Å². The SMILES string of the molecule is CC/C=C\CCC(/C=C/C=C/C=C\C=C\CC/C=C\CCC(=O)C#N)N=O. The fourth-order valence-electron chi connectivity index (χ4n) is 2.06. The lowest BCUT2D eigenvalue weighted by atomic mass is 10.1. The Morgan fingerprint density at radius 1 is 0.889 bits per heavy atom. The summed E-state index contributed by atoms with van der Waals surface area (Å²) in [7, 11) is 0. The number of hydrogen-bond acceptors (Lipinski definition) is 4. The number of nitrogens with zero attached hydrogens (tertiary/aromatic N) is 2. The van der Waals surface area contributed by atoms with Gasteiger partial charge < -0.3 is 0 Å². The van der Waals surface area contributed by atoms with E-state index in [1.165, 1.54) is 0 Å². The molecule has 0 spiro atoms. The average Bonchev–Trinajstić information content (AvgIpc) is 2.69. The maximum Gasteiger partial charge on any atom is 0.232 e. The second kappa shape index (κ2) is 19.5. The van der Waals surface area contributed by atoms with Crippen LogP contribution in [0.1, 0.15) is 51.9 Å². The molecule has 0 amide bonds. The van der Waals surface area contributed by atoms with Gasteiger partial charge in [0.2, 0.25) is 5.78 Å². The molecule has 4 heteroatoms. The van der Waals surface area contributed by atoms with Crippen molar-refractivity contribution in [3.05, 3.63) is 77.8 Å². The highest BCUT2D eigenvalue weighted by atomic mass is 16.3. The first-order chi connectivity index (χ1) is 13.2. The maximum absolute atomic E-state index is 10.8. The van der Waals surface area contributed by atoms with Gasteiger partial charge in [-0.3, -0.25) is 4.79 Å². The van der Waals surface area contributed by atoms with E-state index in [0.29, 0.717) is 12.8 Å². The van der Waals surface area contributed by atoms with E-state index in [2.05, 4.69) is 30.3 Å². The summed E-state index contributed by atoms with van der Waals surface area (Å²) in [6, 6.07) is 1.33. The van der Waals surface area contributed by atoms with Crippen molar-refractivity contribution < 1.29 is 4.79 Å². The number of carbonyl (C=O) groups excluding carboxylic acids is 1. The minimum atomic E-state index is -0.366. The van der Waals surface area contributed by atoms with Crippen LogP contribution >= 0.6 is 0 Å². The van der Waals surface area contributed by atoms with E-state index in [9.17, 15) is 9.70 Å². The molecule has 0 aliphatic heterocycles. The Morgan fingerprint density at radius 2 is 1.52 bits per heavy atom. The van der Waals surface area contributed by atoms with Gasteiger partial charge in [0.1, 0.15) is 12.1 Å². The fourth-order valence-corrected chi connectivity index (χ4v) is 2.06. The zero-order chi connectivity index (χ0) is 20.0. The van der Waals surface area contributed by atoms with Crippen LogP contribution in [0.25, 0.3) is 0 Å². The predicted octanol–water partition coefficient (Wildman–Crippen LogP) is 6.30. The molecule has 0 aromatic heterocycles. The normalized spacial score (nSPS) is 13.6. The molecule has 0 bridgehead atoms. The molecule has 0 rings (SSSR count). The van der Waals surface area contributed by atoms with Gasteiger partial charge in [-0.1, -0.05) is 85.0 Å². The van der Waals surface area contributed by atoms with Crippen molar-refractivity contribution in [3.63, 3.8) is 0 Å². The number of rotatable bonds is 15. The Bertz CT molecular complexity index is 617. The average molecular weight is 367 g/mol. The zero-order valence-electron chi connectivity index (χ0n) is 16.2. The number of nitriles is 1. The smallest absolute Gasteiger partial charge is 0.232 e. The number of ketones is 1. The van der Waals surface area contributed by atoms with Crippen LogP contribution in [0, 0.1) is 16.2 Å². The van der Waals surface area contributed by atoms with E-state index in [4.69, 9.17) is 5.26 Å². The Kier molecular flexibility index (Phi) is 17.5. The molecule has 4 nitrogen and oxygen atoms in total. The first-order valence-corrected chi connectivity index (χ1v) is 9.46. The van der Waals surface area contributed by atoms with Gasteiger partial charge in [0.15, 0.2) is 0 Å². The number of carbonyl (C=O) groups is 1. The van der Waals surface area contributed by atoms with E-state index in [-0.39, 0.29) is 11.8 Å². The molecule has 0 aliphatic rings. The van der Waals surface area contributed by atoms with Crippen LogP contribution in [0.15, 0.2) is 78.1 Å². The molecule has 0 fully saturated rings. The number of nitroso groups, excluding NO2 is 1. The van der Waals surface area contributed by atoms with Gasteiger partial charge in [0.05, 0.1) is 0 Å². The Hall–Kier alpha value is -2.80. The van der Waals surface area contributed by atoms with Crippen LogP contribution in [-0.2, 0) is 4.79 Å². The number of Topliss-reactive ketones (excluding diaryl/α,β-unsaturated/α-hetero) is 1. The predicted molar refractivity (Wildman–Crippen MR) is 113 cm³/mol. The lowest BCUT2D eigenvalue weighted by Crippen LogP contribution is -1.97. The van der Waals surface area contributed by atoms with E-state index in [1.54, 1.807) is 6.07 Å². The quantitative estimate of drug-likeness (QED) is 0.112. The van der Waals surface area contributed by atoms with Crippen LogP contribution in [0.4, 0.5) is 0 Å². The highest BCUT2D eigenvalue weighted by molar-refractivity contribution is 5.93. The van der Waals surface area contributed by atoms with Crippen LogP contribution in [0.2, 0.25) is 0 Å². The lowest BCUT2D eigenvalue weighted by Gasteiger charge is -1.99. The van der Waals surface area contributed by atoms with E-state index in [1.807, 2.05) is 54.7 Å². The molecule has 1 unspecified atom stereocenters. The van der Waals surface area contributed by atoms with E-state index >= 15 is 0 Å². The first-order valence-electron chi connectivity index (χ1n) is 9.46. The van der Waals surface area contributed by atoms with Crippen molar-refractivity contribution in [2.24, 2.45) is 5.18 Å². The minimum absolute atomic E-state index is 0.272. The maximum atomic E-state index is 10.8. The van der Waals surface area contributed by atoms with Crippen molar-refractivity contribution in [2.75, 3.05) is 0 Å². The molecule has 1 atom stereocenters. The molecule has 0 aromatic rings. The van der Waals surface area contributed by atoms with Crippen LogP contribution in [0.3, 0.4) is 0 Å². The van der Waals surface area contributed by atoms with Crippen LogP contribution in [0.5, 0.6) is 0 Å². The third-order valence-corrected chi connectivity index (χ3v) is 3.52. The second-order valence-corrected chi connectivity index (χ2v) is 5.84. The van der Waals surface area contributed by atoms with Gasteiger partial charge in [-0.2, -0.15) is 10.2 Å². The molecule has 144 valence electrons. The number of allylic oxidation sites excluding steroid dienone is 11. The lowest BCUT2D eigenvalue weighted by molar-refractivity contribution is -0.113. The van der Waals surface area contributed by atoms with Gasteiger partial charge in [0, 0.05) is 6.42 Å². The molecule has 0 saturated heterocycles. The molecule has 0 saturated carbocycles. The molecule has 0 aromatic carbocycles. The van der Waals surface area contributed by atoms with Gasteiger partial charge in [-0.15, -0.1) is 0 Å². The Labute approximate surface area is 163 Å². The number of hydrogen-bond donors (Lipinski definition) is 0. The monoisotopic (exact) mass is 366 g/mol. The Morgan fingerprint density at radius 3 is 2.22 bits per heavy atom. The van der Waals surface area contributed by atoms with Crippen molar-refractivity contribution >= 4 is 5.78 Å². The standard InChI is InChI=1S/C23H30N2O2/c1-2-3-4-15-18-22(25-27)19-16-13-11-9-7-5-6-8-10-12-14-17-20-23(26)21-24/h3-7,9,11-14,16,19,22H,2,8,10,15,17-18,20H2,1H3/b4-3-,6-5+,9-7-,13-11+,14-12-,19-16+. The summed E-state index contributed by atoms with van der Waals surface area (Å²) in [5, 5.41) is 11.5.